The van der Waals surface area contributed by atoms with Crippen molar-refractivity contribution in [2.24, 2.45) is 0 Å². The van der Waals surface area contributed by atoms with Gasteiger partial charge in [0.05, 0.1) is 4.90 Å². The second-order valence-corrected chi connectivity index (χ2v) is 5.20. The zero-order chi connectivity index (χ0) is 15.9. The van der Waals surface area contributed by atoms with Gasteiger partial charge in [-0.2, -0.15) is 0 Å². The lowest BCUT2D eigenvalue weighted by molar-refractivity contribution is -0.144. The maximum Gasteiger partial charge on any atom is 0.333 e. The number of carbonyl (C=O) groups excluding carboxylic acids is 1. The summed E-state index contributed by atoms with van der Waals surface area (Å²) in [5, 5.41) is 0. The topological polar surface area (TPSA) is 72.8 Å². The Bertz CT molecular complexity index is 677. The Morgan fingerprint density at radius 1 is 1.09 bits per heavy atom. The van der Waals surface area contributed by atoms with E-state index >= 15 is 0 Å². The van der Waals surface area contributed by atoms with Crippen LogP contribution in [0.3, 0.4) is 0 Å². The van der Waals surface area contributed by atoms with Gasteiger partial charge in [0.25, 0.3) is 0 Å². The fourth-order valence-corrected chi connectivity index (χ4v) is 2.09. The zero-order valence-electron chi connectivity index (χ0n) is 11.6. The molecule has 114 valence electrons. The van der Waals surface area contributed by atoms with Gasteiger partial charge in [-0.15, -0.1) is 0 Å². The molecule has 0 aliphatic carbocycles. The highest BCUT2D eigenvalue weighted by molar-refractivity contribution is 7.79. The van der Waals surface area contributed by atoms with E-state index < -0.39 is 17.0 Å². The van der Waals surface area contributed by atoms with Gasteiger partial charge in [0.2, 0.25) is 6.79 Å². The summed E-state index contributed by atoms with van der Waals surface area (Å²) in [5.74, 6) is 0.0201. The molecule has 0 radical (unpaired) electrons. The largest absolute Gasteiger partial charge is 0.457 e. The maximum absolute atomic E-state index is 10.9. The lowest BCUT2D eigenvalue weighted by Gasteiger charge is -2.07. The third-order valence-corrected chi connectivity index (χ3v) is 3.51. The Labute approximate surface area is 130 Å². The van der Waals surface area contributed by atoms with E-state index in [0.717, 1.165) is 17.2 Å². The van der Waals surface area contributed by atoms with E-state index in [2.05, 4.69) is 6.58 Å². The van der Waals surface area contributed by atoms with Crippen LogP contribution in [0.15, 0.2) is 66.1 Å². The van der Waals surface area contributed by atoms with Crippen molar-refractivity contribution in [1.29, 1.82) is 0 Å². The molecule has 5 nitrogen and oxygen atoms in total. The van der Waals surface area contributed by atoms with Crippen LogP contribution >= 0.6 is 0 Å². The van der Waals surface area contributed by atoms with E-state index in [-0.39, 0.29) is 6.79 Å². The molecule has 0 amide bonds. The maximum atomic E-state index is 10.9. The number of ether oxygens (including phenoxy) is 2. The predicted octanol–water partition coefficient (Wildman–Crippen LogP) is 3.00. The van der Waals surface area contributed by atoms with Crippen molar-refractivity contribution in [2.75, 3.05) is 6.79 Å². The van der Waals surface area contributed by atoms with Gasteiger partial charge >= 0.3 is 5.97 Å². The molecule has 22 heavy (non-hydrogen) atoms. The third kappa shape index (κ3) is 4.28. The summed E-state index contributed by atoms with van der Waals surface area (Å²) in [6.45, 7) is 3.10. The average Bonchev–Trinajstić information content (AvgIpc) is 2.55. The number of hydrogen-bond acceptors (Lipinski definition) is 4. The number of benzene rings is 2. The number of rotatable bonds is 6. The first-order valence-corrected chi connectivity index (χ1v) is 7.44. The molecule has 0 aliphatic heterocycles. The predicted molar refractivity (Wildman–Crippen MR) is 82.7 cm³/mol. The molecule has 0 fully saturated rings. The summed E-state index contributed by atoms with van der Waals surface area (Å²) in [7, 11) is 0. The second-order valence-electron chi connectivity index (χ2n) is 4.23. The molecular formula is C16H14O5S. The fourth-order valence-electron chi connectivity index (χ4n) is 1.72. The first-order valence-electron chi connectivity index (χ1n) is 6.33. The van der Waals surface area contributed by atoms with Crippen LogP contribution in [0.4, 0.5) is 0 Å². The number of carbonyl (C=O) groups is 1. The van der Waals surface area contributed by atoms with Crippen LogP contribution in [0.1, 0.15) is 0 Å². The fraction of sp³-hybridized carbons (Fsp3) is 0.0625. The van der Waals surface area contributed by atoms with E-state index in [4.69, 9.17) is 14.0 Å². The molecule has 2 aromatic rings. The Hall–Kier alpha value is -2.44. The van der Waals surface area contributed by atoms with Crippen LogP contribution in [0, 0.1) is 0 Å². The SMILES string of the molecule is C=CC(=O)OCOc1ccc(-c2ccc(S(=O)O)cc2)cc1. The van der Waals surface area contributed by atoms with Crippen LogP contribution in [-0.2, 0) is 20.6 Å². The Morgan fingerprint density at radius 2 is 1.64 bits per heavy atom. The van der Waals surface area contributed by atoms with E-state index in [1.54, 1.807) is 36.4 Å². The lowest BCUT2D eigenvalue weighted by Crippen LogP contribution is -2.07. The van der Waals surface area contributed by atoms with Crippen LogP contribution < -0.4 is 4.74 Å². The van der Waals surface area contributed by atoms with Gasteiger partial charge in [-0.25, -0.2) is 9.00 Å². The highest BCUT2D eigenvalue weighted by Gasteiger charge is 2.03. The van der Waals surface area contributed by atoms with Gasteiger partial charge in [0.1, 0.15) is 5.75 Å². The van der Waals surface area contributed by atoms with Crippen molar-refractivity contribution in [3.63, 3.8) is 0 Å². The van der Waals surface area contributed by atoms with E-state index in [9.17, 15) is 9.00 Å². The molecule has 2 rings (SSSR count). The first-order chi connectivity index (χ1) is 10.6. The summed E-state index contributed by atoms with van der Waals surface area (Å²) in [5.41, 5.74) is 1.85. The molecule has 0 aromatic heterocycles. The molecule has 0 aliphatic rings. The van der Waals surface area contributed by atoms with Gasteiger partial charge in [0, 0.05) is 6.08 Å². The molecule has 1 atom stereocenters. The van der Waals surface area contributed by atoms with Crippen LogP contribution in [-0.4, -0.2) is 21.5 Å². The molecule has 0 heterocycles. The summed E-state index contributed by atoms with van der Waals surface area (Å²) in [6, 6.07) is 13.9. The van der Waals surface area contributed by atoms with Crippen molar-refractivity contribution in [3.8, 4) is 16.9 Å². The standard InChI is InChI=1S/C16H14O5S/c1-2-16(17)21-11-20-14-7-3-12(4-8-14)13-5-9-15(10-6-13)22(18)19/h2-10H,1,11H2,(H,18,19). The lowest BCUT2D eigenvalue weighted by atomic mass is 10.1. The van der Waals surface area contributed by atoms with Crippen molar-refractivity contribution in [1.82, 2.24) is 0 Å². The Balaban J connectivity index is 2.00. The minimum atomic E-state index is -1.97. The van der Waals surface area contributed by atoms with Crippen LogP contribution in [0.5, 0.6) is 5.75 Å². The number of hydrogen-bond donors (Lipinski definition) is 1. The smallest absolute Gasteiger partial charge is 0.333 e. The molecule has 0 spiro atoms. The van der Waals surface area contributed by atoms with Crippen molar-refractivity contribution in [3.05, 3.63) is 61.2 Å². The minimum Gasteiger partial charge on any atom is -0.457 e. The van der Waals surface area contributed by atoms with Crippen molar-refractivity contribution < 1.29 is 23.0 Å². The summed E-state index contributed by atoms with van der Waals surface area (Å²) in [6.07, 6.45) is 1.07. The molecule has 6 heteroatoms. The van der Waals surface area contributed by atoms with E-state index in [1.807, 2.05) is 12.1 Å². The normalized spacial score (nSPS) is 11.5. The summed E-state index contributed by atoms with van der Waals surface area (Å²) >= 11 is -1.97. The third-order valence-electron chi connectivity index (χ3n) is 2.84. The molecule has 0 saturated heterocycles. The second kappa shape index (κ2) is 7.53. The van der Waals surface area contributed by atoms with Crippen LogP contribution in [0.2, 0.25) is 0 Å². The highest BCUT2D eigenvalue weighted by Crippen LogP contribution is 2.23. The zero-order valence-corrected chi connectivity index (χ0v) is 12.4. The summed E-state index contributed by atoms with van der Waals surface area (Å²) < 4.78 is 29.9. The minimum absolute atomic E-state index is 0.179. The molecule has 1 unspecified atom stereocenters. The Morgan fingerprint density at radius 3 is 2.14 bits per heavy atom. The van der Waals surface area contributed by atoms with Gasteiger partial charge in [-0.05, 0) is 35.4 Å². The molecule has 2 aromatic carbocycles. The molecule has 0 saturated carbocycles. The summed E-state index contributed by atoms with van der Waals surface area (Å²) in [4.78, 5) is 11.2. The highest BCUT2D eigenvalue weighted by atomic mass is 32.2. The van der Waals surface area contributed by atoms with E-state index in [0.29, 0.717) is 10.6 Å². The van der Waals surface area contributed by atoms with Gasteiger partial charge in [-0.1, -0.05) is 30.8 Å². The Kier molecular flexibility index (Phi) is 5.46. The van der Waals surface area contributed by atoms with Gasteiger partial charge < -0.3 is 14.0 Å². The van der Waals surface area contributed by atoms with Gasteiger partial charge in [0.15, 0.2) is 11.1 Å². The monoisotopic (exact) mass is 318 g/mol. The van der Waals surface area contributed by atoms with E-state index in [1.165, 1.54) is 0 Å². The molecular weight excluding hydrogens is 304 g/mol. The molecule has 0 bridgehead atoms. The quantitative estimate of drug-likeness (QED) is 0.384. The van der Waals surface area contributed by atoms with Gasteiger partial charge in [-0.3, -0.25) is 0 Å². The van der Waals surface area contributed by atoms with Crippen LogP contribution in [0.25, 0.3) is 11.1 Å². The number of esters is 1. The van der Waals surface area contributed by atoms with Crippen molar-refractivity contribution in [2.45, 2.75) is 4.90 Å². The van der Waals surface area contributed by atoms with Crippen molar-refractivity contribution >= 4 is 17.0 Å². The molecule has 1 N–H and O–H groups in total. The average molecular weight is 318 g/mol. The first kappa shape index (κ1) is 15.9.